The minimum atomic E-state index is -0.842. The number of rotatable bonds is 16. The molecule has 1 heterocycles. The monoisotopic (exact) mass is 669 g/mol. The van der Waals surface area contributed by atoms with Crippen LogP contribution in [0, 0.1) is 0 Å². The summed E-state index contributed by atoms with van der Waals surface area (Å²) in [5, 5.41) is 8.47. The Balaban J connectivity index is 0.00000541. The highest BCUT2D eigenvalue weighted by molar-refractivity contribution is 6.29. The Morgan fingerprint density at radius 1 is 1.06 bits per heavy atom. The van der Waals surface area contributed by atoms with Crippen LogP contribution in [0.5, 0.6) is 0 Å². The Morgan fingerprint density at radius 3 is 2.40 bits per heavy atom. The van der Waals surface area contributed by atoms with Crippen LogP contribution in [0.1, 0.15) is 58.9 Å². The molecule has 3 N–H and O–H groups in total. The number of esters is 1. The summed E-state index contributed by atoms with van der Waals surface area (Å²) in [7, 11) is 2.90. The summed E-state index contributed by atoms with van der Waals surface area (Å²) < 4.78 is 15.6. The van der Waals surface area contributed by atoms with Crippen LogP contribution in [0.4, 0.5) is 4.79 Å². The smallest absolute Gasteiger partial charge is 0.407 e. The van der Waals surface area contributed by atoms with E-state index in [-0.39, 0.29) is 18.3 Å². The molecule has 0 radical (unpaired) electrons. The highest BCUT2D eigenvalue weighted by Gasteiger charge is 2.23. The number of halogens is 1. The first-order valence-corrected chi connectivity index (χ1v) is 16.0. The molecule has 1 aromatic carbocycles. The number of benzene rings is 1. The van der Waals surface area contributed by atoms with Crippen LogP contribution in [0.25, 0.3) is 0 Å². The van der Waals surface area contributed by atoms with Crippen molar-refractivity contribution in [1.29, 1.82) is 0 Å². The zero-order chi connectivity index (χ0) is 35.0. The van der Waals surface area contributed by atoms with Crippen LogP contribution in [0.2, 0.25) is 0 Å². The van der Waals surface area contributed by atoms with Crippen molar-refractivity contribution in [2.24, 2.45) is 0 Å². The van der Waals surface area contributed by atoms with Crippen molar-refractivity contribution >= 4 is 35.5 Å². The van der Waals surface area contributed by atoms with Gasteiger partial charge in [-0.1, -0.05) is 97.8 Å². The minimum absolute atomic E-state index is 0.222. The molecule has 0 saturated carbocycles. The van der Waals surface area contributed by atoms with Gasteiger partial charge in [0.05, 0.1) is 7.11 Å². The van der Waals surface area contributed by atoms with Crippen molar-refractivity contribution in [1.82, 2.24) is 16.0 Å². The third-order valence-electron chi connectivity index (χ3n) is 6.48. The van der Waals surface area contributed by atoms with Crippen LogP contribution in [-0.4, -0.2) is 56.3 Å². The lowest BCUT2D eigenvalue weighted by Gasteiger charge is -2.20. The fraction of sp³-hybridized carbons (Fsp3) is 0.389. The molecule has 1 aliphatic heterocycles. The number of nitrogens with one attached hydrogen (secondary N) is 3. The third kappa shape index (κ3) is 17.6. The van der Waals surface area contributed by atoms with E-state index < -0.39 is 36.0 Å². The Kier molecular flexibility index (Phi) is 20.4. The van der Waals surface area contributed by atoms with Crippen LogP contribution in [0.3, 0.4) is 0 Å². The van der Waals surface area contributed by atoms with Gasteiger partial charge in [0.25, 0.3) is 0 Å². The molecule has 47 heavy (non-hydrogen) atoms. The molecule has 0 bridgehead atoms. The third-order valence-corrected chi connectivity index (χ3v) is 6.63. The number of ether oxygens (including phenoxy) is 3. The van der Waals surface area contributed by atoms with Crippen molar-refractivity contribution < 1.29 is 33.4 Å². The van der Waals surface area contributed by atoms with Crippen LogP contribution < -0.4 is 16.0 Å². The number of alkyl carbamates (subject to hydrolysis) is 1. The van der Waals surface area contributed by atoms with E-state index in [9.17, 15) is 19.2 Å². The van der Waals surface area contributed by atoms with E-state index in [1.807, 2.05) is 63.3 Å². The maximum atomic E-state index is 13.1. The molecule has 0 spiro atoms. The Labute approximate surface area is 283 Å². The van der Waals surface area contributed by atoms with Gasteiger partial charge in [-0.15, -0.1) is 0 Å². The first-order valence-electron chi connectivity index (χ1n) is 15.6. The molecular weight excluding hydrogens is 622 g/mol. The van der Waals surface area contributed by atoms with Gasteiger partial charge >= 0.3 is 12.1 Å². The van der Waals surface area contributed by atoms with E-state index >= 15 is 0 Å². The zero-order valence-electron chi connectivity index (χ0n) is 28.1. The summed E-state index contributed by atoms with van der Waals surface area (Å²) in [6.07, 6.45) is 15.9. The van der Waals surface area contributed by atoms with E-state index in [0.29, 0.717) is 30.7 Å². The molecule has 256 valence electrons. The van der Waals surface area contributed by atoms with E-state index in [1.54, 1.807) is 37.3 Å². The van der Waals surface area contributed by atoms with Crippen LogP contribution in [0.15, 0.2) is 102 Å². The molecular formula is C36H48ClN3O7. The summed E-state index contributed by atoms with van der Waals surface area (Å²) in [5.74, 6) is -1.08. The number of cyclic esters (lactones) is 1. The first kappa shape index (κ1) is 40.5. The molecule has 3 amide bonds. The highest BCUT2D eigenvalue weighted by Crippen LogP contribution is 2.18. The Morgan fingerprint density at radius 2 is 1.77 bits per heavy atom. The molecule has 0 saturated heterocycles. The molecule has 0 fully saturated rings. The van der Waals surface area contributed by atoms with Gasteiger partial charge in [0.15, 0.2) is 5.76 Å². The number of methoxy groups -OCH3 is 1. The molecule has 0 aliphatic carbocycles. The number of hydrogen-bond donors (Lipinski definition) is 3. The van der Waals surface area contributed by atoms with Crippen LogP contribution in [-0.2, 0) is 35.0 Å². The summed E-state index contributed by atoms with van der Waals surface area (Å²) in [6, 6.07) is 8.52. The summed E-state index contributed by atoms with van der Waals surface area (Å²) in [5.41, 5.74) is 1.81. The fourth-order valence-corrected chi connectivity index (χ4v) is 4.15. The minimum Gasteiger partial charge on any atom is -0.490 e. The molecule has 3 unspecified atom stereocenters. The van der Waals surface area contributed by atoms with Gasteiger partial charge in [-0.25, -0.2) is 9.59 Å². The van der Waals surface area contributed by atoms with E-state index in [4.69, 9.17) is 25.8 Å². The SMILES string of the molecule is CC.CNC(=O)OC(C/C=C\NC(=O)C(Cc1ccccc1)NC(=O)\C=C/C=C\C(C)=C\CC1CC=C(OC)C(=O)O1)C/C=C(\C)Cl. The second-order valence-corrected chi connectivity index (χ2v) is 10.7. The lowest BCUT2D eigenvalue weighted by molar-refractivity contribution is -0.149. The lowest BCUT2D eigenvalue weighted by Crippen LogP contribution is -2.46. The largest absolute Gasteiger partial charge is 0.490 e. The van der Waals surface area contributed by atoms with E-state index in [2.05, 4.69) is 16.0 Å². The van der Waals surface area contributed by atoms with Crippen molar-refractivity contribution in [3.05, 3.63) is 107 Å². The van der Waals surface area contributed by atoms with Crippen molar-refractivity contribution in [3.8, 4) is 0 Å². The predicted molar refractivity (Wildman–Crippen MR) is 185 cm³/mol. The standard InChI is InChI=1S/C34H42ClN3O7.C2H6/c1-24(16-18-28-20-21-30(43-4)33(41)44-28)11-8-9-15-31(39)38-29(23-26-12-6-5-7-13-26)32(40)37-22-10-14-27(19-17-25(2)35)45-34(42)36-3;1-2/h5-13,15-17,21-22,27-29H,14,18-20,23H2,1-4H3,(H,36,42)(H,37,40)(H,38,39);1-2H3/b11-8-,15-9-,22-10-,24-16+,25-17+;. The van der Waals surface area contributed by atoms with Gasteiger partial charge in [-0.05, 0) is 31.7 Å². The first-order chi connectivity index (χ1) is 22.6. The van der Waals surface area contributed by atoms with E-state index in [0.717, 1.165) is 11.1 Å². The maximum Gasteiger partial charge on any atom is 0.407 e. The maximum absolute atomic E-state index is 13.1. The fourth-order valence-electron chi connectivity index (χ4n) is 4.06. The van der Waals surface area contributed by atoms with Crippen LogP contribution >= 0.6 is 11.6 Å². The van der Waals surface area contributed by atoms with Gasteiger partial charge in [0.2, 0.25) is 11.8 Å². The topological polar surface area (TPSA) is 132 Å². The molecule has 10 nitrogen and oxygen atoms in total. The number of carbonyl (C=O) groups is 4. The van der Waals surface area contributed by atoms with Crippen molar-refractivity contribution in [2.75, 3.05) is 14.2 Å². The zero-order valence-corrected chi connectivity index (χ0v) is 28.8. The second kappa shape index (κ2) is 23.7. The molecule has 2 rings (SSSR count). The van der Waals surface area contributed by atoms with Crippen molar-refractivity contribution in [3.63, 3.8) is 0 Å². The quantitative estimate of drug-likeness (QED) is 0.107. The summed E-state index contributed by atoms with van der Waals surface area (Å²) in [6.45, 7) is 7.64. The molecule has 1 aromatic rings. The summed E-state index contributed by atoms with van der Waals surface area (Å²) >= 11 is 5.91. The van der Waals surface area contributed by atoms with Gasteiger partial charge in [-0.2, -0.15) is 0 Å². The second-order valence-electron chi connectivity index (χ2n) is 10.1. The van der Waals surface area contributed by atoms with Gasteiger partial charge in [0.1, 0.15) is 18.2 Å². The Bertz CT molecular complexity index is 1330. The molecule has 3 atom stereocenters. The molecule has 0 aromatic heterocycles. The van der Waals surface area contributed by atoms with Crippen molar-refractivity contribution in [2.45, 2.75) is 78.0 Å². The van der Waals surface area contributed by atoms with E-state index in [1.165, 1.54) is 26.4 Å². The van der Waals surface area contributed by atoms with Gasteiger partial charge in [-0.3, -0.25) is 9.59 Å². The average molecular weight is 670 g/mol. The summed E-state index contributed by atoms with van der Waals surface area (Å²) in [4.78, 5) is 49.2. The number of amides is 3. The normalized spacial score (nSPS) is 16.4. The molecule has 11 heteroatoms. The van der Waals surface area contributed by atoms with Gasteiger partial charge < -0.3 is 30.2 Å². The molecule has 1 aliphatic rings. The number of allylic oxidation sites excluding steroid dienone is 5. The predicted octanol–water partition coefficient (Wildman–Crippen LogP) is 6.31. The Hall–Kier alpha value is -4.57. The lowest BCUT2D eigenvalue weighted by atomic mass is 10.1. The highest BCUT2D eigenvalue weighted by atomic mass is 35.5. The van der Waals surface area contributed by atoms with Gasteiger partial charge in [0, 0.05) is 50.3 Å². The average Bonchev–Trinajstić information content (AvgIpc) is 3.07. The number of hydrogen-bond acceptors (Lipinski definition) is 7. The number of carbonyl (C=O) groups excluding carboxylic acids is 4.